The number of aromatic nitrogens is 3. The van der Waals surface area contributed by atoms with Gasteiger partial charge in [0.15, 0.2) is 4.60 Å². The Bertz CT molecular complexity index is 374. The van der Waals surface area contributed by atoms with Crippen LogP contribution in [0.2, 0.25) is 0 Å². The lowest BCUT2D eigenvalue weighted by atomic mass is 9.93. The van der Waals surface area contributed by atoms with E-state index in [-0.39, 0.29) is 6.04 Å². The molecule has 3 atom stereocenters. The summed E-state index contributed by atoms with van der Waals surface area (Å²) in [5.74, 6) is 8.25. The van der Waals surface area contributed by atoms with Gasteiger partial charge in [-0.15, -0.1) is 5.10 Å². The minimum Gasteiger partial charge on any atom is -0.271 e. The molecule has 6 heteroatoms. The van der Waals surface area contributed by atoms with Crippen molar-refractivity contribution in [1.82, 2.24) is 20.4 Å². The zero-order chi connectivity index (χ0) is 11.3. The van der Waals surface area contributed by atoms with E-state index in [1.807, 2.05) is 7.05 Å². The van der Waals surface area contributed by atoms with Crippen LogP contribution in [0.3, 0.4) is 0 Å². The first-order chi connectivity index (χ1) is 7.70. The van der Waals surface area contributed by atoms with E-state index >= 15 is 0 Å². The van der Waals surface area contributed by atoms with Gasteiger partial charge in [0.25, 0.3) is 0 Å². The first-order valence-electron chi connectivity index (χ1n) is 5.72. The van der Waals surface area contributed by atoms with Gasteiger partial charge in [0, 0.05) is 7.05 Å². The summed E-state index contributed by atoms with van der Waals surface area (Å²) in [7, 11) is 1.91. The average Bonchev–Trinajstić information content (AvgIpc) is 2.75. The summed E-state index contributed by atoms with van der Waals surface area (Å²) in [6.45, 7) is 0. The second-order valence-corrected chi connectivity index (χ2v) is 5.77. The number of hydrazine groups is 1. The Hall–Kier alpha value is -0.460. The molecule has 3 N–H and O–H groups in total. The molecule has 3 unspecified atom stereocenters. The Labute approximate surface area is 103 Å². The Morgan fingerprint density at radius 3 is 2.62 bits per heavy atom. The first-order valence-corrected chi connectivity index (χ1v) is 6.51. The minimum absolute atomic E-state index is 0.169. The van der Waals surface area contributed by atoms with Crippen LogP contribution in [0.25, 0.3) is 0 Å². The SMILES string of the molecule is Cn1nnc(Br)c1C(NN)C1CC2CC2C1. The highest BCUT2D eigenvalue weighted by molar-refractivity contribution is 9.10. The van der Waals surface area contributed by atoms with Gasteiger partial charge in [0.05, 0.1) is 11.7 Å². The number of nitrogens with one attached hydrogen (secondary N) is 1. The largest absolute Gasteiger partial charge is 0.271 e. The van der Waals surface area contributed by atoms with Gasteiger partial charge in [-0.2, -0.15) is 0 Å². The van der Waals surface area contributed by atoms with Gasteiger partial charge in [0.2, 0.25) is 0 Å². The van der Waals surface area contributed by atoms with Gasteiger partial charge >= 0.3 is 0 Å². The van der Waals surface area contributed by atoms with Crippen LogP contribution < -0.4 is 11.3 Å². The van der Waals surface area contributed by atoms with Gasteiger partial charge in [-0.3, -0.25) is 11.3 Å². The Morgan fingerprint density at radius 2 is 2.12 bits per heavy atom. The number of fused-ring (bicyclic) bond motifs is 1. The molecule has 88 valence electrons. The van der Waals surface area contributed by atoms with Crippen molar-refractivity contribution in [3.63, 3.8) is 0 Å². The average molecular weight is 286 g/mol. The van der Waals surface area contributed by atoms with Crippen molar-refractivity contribution in [3.05, 3.63) is 10.3 Å². The molecular weight excluding hydrogens is 270 g/mol. The standard InChI is InChI=1S/C10H16BrN5/c1-16-9(10(11)14-15-16)8(13-12)7-3-5-2-6(5)4-7/h5-8,13H,2-4,12H2,1H3. The normalized spacial score (nSPS) is 33.8. The summed E-state index contributed by atoms with van der Waals surface area (Å²) in [6, 6.07) is 0.169. The summed E-state index contributed by atoms with van der Waals surface area (Å²) < 4.78 is 2.61. The van der Waals surface area contributed by atoms with Gasteiger partial charge in [0.1, 0.15) is 0 Å². The van der Waals surface area contributed by atoms with E-state index in [2.05, 4.69) is 31.7 Å². The third-order valence-electron chi connectivity index (χ3n) is 4.05. The number of hydrogen-bond donors (Lipinski definition) is 2. The first kappa shape index (κ1) is 10.7. The molecule has 16 heavy (non-hydrogen) atoms. The van der Waals surface area contributed by atoms with Crippen LogP contribution >= 0.6 is 15.9 Å². The monoisotopic (exact) mass is 285 g/mol. The highest BCUT2D eigenvalue weighted by Gasteiger charge is 2.48. The molecule has 2 saturated carbocycles. The molecule has 0 saturated heterocycles. The molecule has 2 fully saturated rings. The van der Waals surface area contributed by atoms with Gasteiger partial charge in [-0.05, 0) is 52.9 Å². The van der Waals surface area contributed by atoms with Crippen LogP contribution in [-0.2, 0) is 7.05 Å². The Kier molecular flexibility index (Phi) is 2.53. The molecule has 1 aromatic rings. The number of nitrogens with zero attached hydrogens (tertiary/aromatic N) is 3. The zero-order valence-electron chi connectivity index (χ0n) is 9.23. The molecule has 3 rings (SSSR count). The Morgan fingerprint density at radius 1 is 1.44 bits per heavy atom. The highest BCUT2D eigenvalue weighted by Crippen LogP contribution is 2.57. The van der Waals surface area contributed by atoms with E-state index in [0.717, 1.165) is 22.1 Å². The molecule has 5 nitrogen and oxygen atoms in total. The van der Waals surface area contributed by atoms with Crippen molar-refractivity contribution in [2.45, 2.75) is 25.3 Å². The van der Waals surface area contributed by atoms with E-state index in [1.165, 1.54) is 19.3 Å². The van der Waals surface area contributed by atoms with E-state index in [0.29, 0.717) is 5.92 Å². The number of nitrogens with two attached hydrogens (primary N) is 1. The molecule has 2 aliphatic rings. The lowest BCUT2D eigenvalue weighted by Gasteiger charge is -2.23. The lowest BCUT2D eigenvalue weighted by Crippen LogP contribution is -2.34. The van der Waals surface area contributed by atoms with E-state index in [1.54, 1.807) is 4.68 Å². The van der Waals surface area contributed by atoms with Crippen LogP contribution in [0.4, 0.5) is 0 Å². The number of aryl methyl sites for hydroxylation is 1. The van der Waals surface area contributed by atoms with E-state index in [4.69, 9.17) is 5.84 Å². The Balaban J connectivity index is 1.85. The summed E-state index contributed by atoms with van der Waals surface area (Å²) in [5, 5.41) is 8.03. The van der Waals surface area contributed by atoms with Crippen molar-refractivity contribution in [2.24, 2.45) is 30.6 Å². The van der Waals surface area contributed by atoms with Gasteiger partial charge < -0.3 is 0 Å². The van der Waals surface area contributed by atoms with Crippen molar-refractivity contribution in [1.29, 1.82) is 0 Å². The fourth-order valence-corrected chi connectivity index (χ4v) is 3.72. The van der Waals surface area contributed by atoms with E-state index < -0.39 is 0 Å². The van der Waals surface area contributed by atoms with Crippen LogP contribution in [0, 0.1) is 17.8 Å². The maximum absolute atomic E-state index is 5.70. The summed E-state index contributed by atoms with van der Waals surface area (Å²) in [5.41, 5.74) is 4.00. The minimum atomic E-state index is 0.169. The van der Waals surface area contributed by atoms with Crippen molar-refractivity contribution in [2.75, 3.05) is 0 Å². The highest BCUT2D eigenvalue weighted by atomic mass is 79.9. The second kappa shape index (κ2) is 3.78. The molecule has 2 aliphatic carbocycles. The predicted molar refractivity (Wildman–Crippen MR) is 63.1 cm³/mol. The fraction of sp³-hybridized carbons (Fsp3) is 0.800. The van der Waals surface area contributed by atoms with Crippen LogP contribution in [0.1, 0.15) is 31.0 Å². The molecule has 0 spiro atoms. The van der Waals surface area contributed by atoms with Crippen molar-refractivity contribution < 1.29 is 0 Å². The number of halogens is 1. The van der Waals surface area contributed by atoms with Crippen LogP contribution in [0.5, 0.6) is 0 Å². The van der Waals surface area contributed by atoms with Gasteiger partial charge in [-0.1, -0.05) is 5.21 Å². The van der Waals surface area contributed by atoms with Crippen LogP contribution in [-0.4, -0.2) is 15.0 Å². The van der Waals surface area contributed by atoms with Crippen molar-refractivity contribution in [3.8, 4) is 0 Å². The smallest absolute Gasteiger partial charge is 0.153 e. The molecule has 0 aromatic carbocycles. The van der Waals surface area contributed by atoms with Crippen molar-refractivity contribution >= 4 is 15.9 Å². The molecule has 0 bridgehead atoms. The predicted octanol–water partition coefficient (Wildman–Crippen LogP) is 1.13. The second-order valence-electron chi connectivity index (χ2n) is 5.02. The number of rotatable bonds is 3. The zero-order valence-corrected chi connectivity index (χ0v) is 10.8. The van der Waals surface area contributed by atoms with Crippen LogP contribution in [0.15, 0.2) is 4.60 Å². The van der Waals surface area contributed by atoms with Gasteiger partial charge in [-0.25, -0.2) is 4.68 Å². The lowest BCUT2D eigenvalue weighted by molar-refractivity contribution is 0.330. The topological polar surface area (TPSA) is 68.8 Å². The summed E-state index contributed by atoms with van der Waals surface area (Å²) >= 11 is 3.44. The molecule has 1 aromatic heterocycles. The molecule has 0 aliphatic heterocycles. The maximum Gasteiger partial charge on any atom is 0.153 e. The fourth-order valence-electron chi connectivity index (χ4n) is 3.14. The molecule has 1 heterocycles. The third kappa shape index (κ3) is 1.59. The van der Waals surface area contributed by atoms with E-state index in [9.17, 15) is 0 Å². The molecular formula is C10H16BrN5. The summed E-state index contributed by atoms with van der Waals surface area (Å²) in [4.78, 5) is 0. The molecule has 0 amide bonds. The number of hydrogen-bond acceptors (Lipinski definition) is 4. The molecule has 0 radical (unpaired) electrons. The summed E-state index contributed by atoms with van der Waals surface area (Å²) in [6.07, 6.45) is 4.01. The maximum atomic E-state index is 5.70. The quantitative estimate of drug-likeness (QED) is 0.645. The third-order valence-corrected chi connectivity index (χ3v) is 4.62.